The molecule has 0 aromatic carbocycles. The van der Waals surface area contributed by atoms with E-state index in [0.29, 0.717) is 12.3 Å². The number of ether oxygens (including phenoxy) is 1. The molecule has 2 unspecified atom stereocenters. The molecule has 1 saturated heterocycles. The second-order valence-corrected chi connectivity index (χ2v) is 4.28. The van der Waals surface area contributed by atoms with Crippen molar-refractivity contribution in [2.45, 2.75) is 44.9 Å². The van der Waals surface area contributed by atoms with Crippen molar-refractivity contribution in [3.8, 4) is 0 Å². The summed E-state index contributed by atoms with van der Waals surface area (Å²) in [4.78, 5) is 11.2. The molecule has 0 radical (unpaired) electrons. The molecule has 2 N–H and O–H groups in total. The summed E-state index contributed by atoms with van der Waals surface area (Å²) in [5, 5.41) is 12.8. The first kappa shape index (κ1) is 11.5. The second-order valence-electron chi connectivity index (χ2n) is 4.28. The van der Waals surface area contributed by atoms with E-state index in [1.54, 1.807) is 0 Å². The fraction of sp³-hybridized carbons (Fsp3) is 0.900. The third kappa shape index (κ3) is 2.69. The van der Waals surface area contributed by atoms with Crippen LogP contribution in [0.1, 0.15) is 26.7 Å². The Kier molecular flexibility index (Phi) is 3.89. The van der Waals surface area contributed by atoms with Crippen LogP contribution in [0.2, 0.25) is 0 Å². The van der Waals surface area contributed by atoms with E-state index in [2.05, 4.69) is 23.9 Å². The van der Waals surface area contributed by atoms with Gasteiger partial charge in [-0.15, -0.1) is 0 Å². The molecule has 1 heterocycles. The molecule has 14 heavy (non-hydrogen) atoms. The van der Waals surface area contributed by atoms with Gasteiger partial charge < -0.3 is 9.84 Å². The van der Waals surface area contributed by atoms with Crippen molar-refractivity contribution in [1.82, 2.24) is 5.32 Å². The van der Waals surface area contributed by atoms with Crippen LogP contribution < -0.4 is 5.32 Å². The number of esters is 1. The van der Waals surface area contributed by atoms with Crippen LogP contribution in [0.3, 0.4) is 0 Å². The van der Waals surface area contributed by atoms with Crippen LogP contribution in [0.25, 0.3) is 0 Å². The van der Waals surface area contributed by atoms with E-state index >= 15 is 0 Å². The first-order chi connectivity index (χ1) is 6.54. The molecule has 1 fully saturated rings. The SMILES string of the molecule is COC(=O)[C@@H]1CC(O)C(CC(C)C)N1. The normalized spacial score (nSPS) is 32.2. The highest BCUT2D eigenvalue weighted by atomic mass is 16.5. The number of nitrogens with one attached hydrogen (secondary N) is 1. The van der Waals surface area contributed by atoms with Gasteiger partial charge in [0.05, 0.1) is 13.2 Å². The van der Waals surface area contributed by atoms with E-state index in [9.17, 15) is 9.90 Å². The van der Waals surface area contributed by atoms with Crippen molar-refractivity contribution >= 4 is 5.97 Å². The Labute approximate surface area is 84.6 Å². The van der Waals surface area contributed by atoms with Crippen LogP contribution in [0, 0.1) is 5.92 Å². The Morgan fingerprint density at radius 3 is 2.79 bits per heavy atom. The minimum absolute atomic E-state index is 0.0269. The third-order valence-electron chi connectivity index (χ3n) is 2.57. The Morgan fingerprint density at radius 2 is 2.29 bits per heavy atom. The van der Waals surface area contributed by atoms with Crippen LogP contribution in [-0.4, -0.2) is 36.4 Å². The summed E-state index contributed by atoms with van der Waals surface area (Å²) in [5.41, 5.74) is 0. The predicted molar refractivity (Wildman–Crippen MR) is 52.8 cm³/mol. The lowest BCUT2D eigenvalue weighted by Crippen LogP contribution is -2.38. The summed E-state index contributed by atoms with van der Waals surface area (Å²) in [6, 6.07) is -0.308. The topological polar surface area (TPSA) is 58.6 Å². The first-order valence-electron chi connectivity index (χ1n) is 5.06. The summed E-state index contributed by atoms with van der Waals surface area (Å²) in [7, 11) is 1.37. The highest BCUT2D eigenvalue weighted by Gasteiger charge is 2.36. The maximum Gasteiger partial charge on any atom is 0.322 e. The predicted octanol–water partition coefficient (Wildman–Crippen LogP) is 0.297. The van der Waals surface area contributed by atoms with Gasteiger partial charge in [0.2, 0.25) is 0 Å². The summed E-state index contributed by atoms with van der Waals surface area (Å²) >= 11 is 0. The van der Waals surface area contributed by atoms with Gasteiger partial charge in [-0.1, -0.05) is 13.8 Å². The quantitative estimate of drug-likeness (QED) is 0.645. The molecule has 0 aromatic rings. The lowest BCUT2D eigenvalue weighted by atomic mass is 10.0. The molecular weight excluding hydrogens is 182 g/mol. The third-order valence-corrected chi connectivity index (χ3v) is 2.57. The number of rotatable bonds is 3. The minimum Gasteiger partial charge on any atom is -0.468 e. The largest absolute Gasteiger partial charge is 0.468 e. The molecule has 3 atom stereocenters. The minimum atomic E-state index is -0.429. The fourth-order valence-electron chi connectivity index (χ4n) is 1.88. The first-order valence-corrected chi connectivity index (χ1v) is 5.06. The van der Waals surface area contributed by atoms with Crippen LogP contribution in [-0.2, 0) is 9.53 Å². The number of aliphatic hydroxyl groups excluding tert-OH is 1. The molecule has 82 valence electrons. The molecule has 1 aliphatic rings. The Morgan fingerprint density at radius 1 is 1.64 bits per heavy atom. The van der Waals surface area contributed by atoms with Gasteiger partial charge in [0.1, 0.15) is 6.04 Å². The van der Waals surface area contributed by atoms with E-state index < -0.39 is 6.10 Å². The number of hydrogen-bond acceptors (Lipinski definition) is 4. The Bertz CT molecular complexity index is 206. The zero-order valence-corrected chi connectivity index (χ0v) is 8.99. The van der Waals surface area contributed by atoms with E-state index in [0.717, 1.165) is 6.42 Å². The molecule has 0 amide bonds. The summed E-state index contributed by atoms with van der Waals surface area (Å²) in [6.45, 7) is 4.19. The zero-order chi connectivity index (χ0) is 10.7. The van der Waals surface area contributed by atoms with Gasteiger partial charge in [0, 0.05) is 12.5 Å². The molecule has 4 heteroatoms. The molecule has 0 bridgehead atoms. The highest BCUT2D eigenvalue weighted by Crippen LogP contribution is 2.19. The maximum absolute atomic E-state index is 11.2. The van der Waals surface area contributed by atoms with Gasteiger partial charge in [-0.25, -0.2) is 0 Å². The van der Waals surface area contributed by atoms with Crippen molar-refractivity contribution in [1.29, 1.82) is 0 Å². The van der Waals surface area contributed by atoms with E-state index in [4.69, 9.17) is 0 Å². The molecule has 4 nitrogen and oxygen atoms in total. The Balaban J connectivity index is 2.47. The van der Waals surface area contributed by atoms with Crippen molar-refractivity contribution in [2.24, 2.45) is 5.92 Å². The molecule has 1 aliphatic heterocycles. The van der Waals surface area contributed by atoms with E-state index in [1.807, 2.05) is 0 Å². The number of carbonyl (C=O) groups excluding carboxylic acids is 1. The van der Waals surface area contributed by atoms with Crippen LogP contribution in [0.4, 0.5) is 0 Å². The van der Waals surface area contributed by atoms with Crippen LogP contribution in [0.5, 0.6) is 0 Å². The van der Waals surface area contributed by atoms with Gasteiger partial charge in [-0.3, -0.25) is 10.1 Å². The van der Waals surface area contributed by atoms with Gasteiger partial charge in [-0.2, -0.15) is 0 Å². The zero-order valence-electron chi connectivity index (χ0n) is 8.99. The van der Waals surface area contributed by atoms with Crippen LogP contribution in [0.15, 0.2) is 0 Å². The van der Waals surface area contributed by atoms with Gasteiger partial charge in [0.15, 0.2) is 0 Å². The molecule has 0 aliphatic carbocycles. The molecule has 0 saturated carbocycles. The monoisotopic (exact) mass is 201 g/mol. The lowest BCUT2D eigenvalue weighted by molar-refractivity contribution is -0.142. The number of hydrogen-bond donors (Lipinski definition) is 2. The summed E-state index contributed by atoms with van der Waals surface area (Å²) < 4.78 is 4.62. The molecule has 0 aromatic heterocycles. The summed E-state index contributed by atoms with van der Waals surface area (Å²) in [5.74, 6) is 0.230. The average molecular weight is 201 g/mol. The Hall–Kier alpha value is -0.610. The molecular formula is C10H19NO3. The van der Waals surface area contributed by atoms with Crippen molar-refractivity contribution < 1.29 is 14.6 Å². The van der Waals surface area contributed by atoms with Gasteiger partial charge >= 0.3 is 5.97 Å². The van der Waals surface area contributed by atoms with Crippen molar-refractivity contribution in [2.75, 3.05) is 7.11 Å². The van der Waals surface area contributed by atoms with E-state index in [-0.39, 0.29) is 18.1 Å². The molecule has 0 spiro atoms. The number of aliphatic hydroxyl groups is 1. The standard InChI is InChI=1S/C10H19NO3/c1-6(2)4-7-9(12)5-8(11-7)10(13)14-3/h6-9,11-12H,4-5H2,1-3H3/t7?,8-,9?/m0/s1. The second kappa shape index (κ2) is 4.75. The fourth-order valence-corrected chi connectivity index (χ4v) is 1.88. The maximum atomic E-state index is 11.2. The number of carbonyl (C=O) groups is 1. The molecule has 1 rings (SSSR count). The lowest BCUT2D eigenvalue weighted by Gasteiger charge is -2.17. The van der Waals surface area contributed by atoms with Gasteiger partial charge in [0.25, 0.3) is 0 Å². The summed E-state index contributed by atoms with van der Waals surface area (Å²) in [6.07, 6.45) is 0.917. The smallest absolute Gasteiger partial charge is 0.322 e. The highest BCUT2D eigenvalue weighted by molar-refractivity contribution is 5.76. The van der Waals surface area contributed by atoms with Crippen molar-refractivity contribution in [3.63, 3.8) is 0 Å². The van der Waals surface area contributed by atoms with Crippen LogP contribution >= 0.6 is 0 Å². The average Bonchev–Trinajstić information content (AvgIpc) is 2.46. The van der Waals surface area contributed by atoms with Gasteiger partial charge in [-0.05, 0) is 12.3 Å². The van der Waals surface area contributed by atoms with E-state index in [1.165, 1.54) is 7.11 Å². The van der Waals surface area contributed by atoms with Crippen molar-refractivity contribution in [3.05, 3.63) is 0 Å². The number of methoxy groups -OCH3 is 1.